The van der Waals surface area contributed by atoms with Crippen molar-refractivity contribution in [3.8, 4) is 17.2 Å². The molecule has 0 aromatic heterocycles. The van der Waals surface area contributed by atoms with Gasteiger partial charge in [0, 0.05) is 0 Å². The molecule has 2 aromatic carbocycles. The summed E-state index contributed by atoms with van der Waals surface area (Å²) in [6, 6.07) is 12.9. The molecule has 0 saturated carbocycles. The molecular weight excluding hydrogens is 313 g/mol. The number of carbonyl (C=O) groups is 1. The Bertz CT molecular complexity index is 660. The molecule has 0 aliphatic heterocycles. The Morgan fingerprint density at radius 3 is 2.42 bits per heavy atom. The van der Waals surface area contributed by atoms with Crippen LogP contribution in [0.3, 0.4) is 0 Å². The summed E-state index contributed by atoms with van der Waals surface area (Å²) < 4.78 is 29.2. The van der Waals surface area contributed by atoms with Gasteiger partial charge < -0.3 is 19.5 Å². The SMILES string of the molecule is COc1ccc(OC[C@H](C)NC(=O)COc2ccccc2F)cc1. The van der Waals surface area contributed by atoms with Crippen LogP contribution in [0.5, 0.6) is 17.2 Å². The molecule has 128 valence electrons. The first-order valence-electron chi connectivity index (χ1n) is 7.52. The number of ether oxygens (including phenoxy) is 3. The fourth-order valence-corrected chi connectivity index (χ4v) is 1.96. The van der Waals surface area contributed by atoms with Crippen molar-refractivity contribution in [3.05, 3.63) is 54.3 Å². The standard InChI is InChI=1S/C18H20FNO4/c1-13(11-23-15-9-7-14(22-2)8-10-15)20-18(21)12-24-17-6-4-3-5-16(17)19/h3-10,13H,11-12H2,1-2H3,(H,20,21)/t13-/m0/s1. The molecule has 0 heterocycles. The van der Waals surface area contributed by atoms with E-state index in [1.54, 1.807) is 43.5 Å². The van der Waals surface area contributed by atoms with E-state index in [1.165, 1.54) is 12.1 Å². The Labute approximate surface area is 140 Å². The van der Waals surface area contributed by atoms with Crippen molar-refractivity contribution in [2.45, 2.75) is 13.0 Å². The van der Waals surface area contributed by atoms with Crippen molar-refractivity contribution < 1.29 is 23.4 Å². The highest BCUT2D eigenvalue weighted by Gasteiger charge is 2.10. The number of hydrogen-bond acceptors (Lipinski definition) is 4. The maximum Gasteiger partial charge on any atom is 0.258 e. The number of amides is 1. The lowest BCUT2D eigenvalue weighted by Gasteiger charge is -2.15. The molecule has 2 aromatic rings. The number of halogens is 1. The third-order valence-corrected chi connectivity index (χ3v) is 3.16. The fourth-order valence-electron chi connectivity index (χ4n) is 1.96. The number of para-hydroxylation sites is 1. The number of rotatable bonds is 8. The predicted molar refractivity (Wildman–Crippen MR) is 88.0 cm³/mol. The predicted octanol–water partition coefficient (Wildman–Crippen LogP) is 2.80. The zero-order valence-corrected chi connectivity index (χ0v) is 13.6. The summed E-state index contributed by atoms with van der Waals surface area (Å²) in [5.41, 5.74) is 0. The van der Waals surface area contributed by atoms with E-state index >= 15 is 0 Å². The van der Waals surface area contributed by atoms with E-state index < -0.39 is 5.82 Å². The summed E-state index contributed by atoms with van der Waals surface area (Å²) in [6.45, 7) is 1.86. The van der Waals surface area contributed by atoms with Crippen molar-refractivity contribution >= 4 is 5.91 Å². The second-order valence-electron chi connectivity index (χ2n) is 5.17. The van der Waals surface area contributed by atoms with Crippen LogP contribution in [0.25, 0.3) is 0 Å². The van der Waals surface area contributed by atoms with Crippen molar-refractivity contribution in [1.82, 2.24) is 5.32 Å². The van der Waals surface area contributed by atoms with Crippen LogP contribution >= 0.6 is 0 Å². The average Bonchev–Trinajstić information content (AvgIpc) is 2.59. The Morgan fingerprint density at radius 1 is 1.08 bits per heavy atom. The van der Waals surface area contributed by atoms with E-state index in [1.807, 2.05) is 6.92 Å². The van der Waals surface area contributed by atoms with Gasteiger partial charge in [-0.2, -0.15) is 0 Å². The summed E-state index contributed by atoms with van der Waals surface area (Å²) >= 11 is 0. The quantitative estimate of drug-likeness (QED) is 0.807. The Hall–Kier alpha value is -2.76. The summed E-state index contributed by atoms with van der Waals surface area (Å²) in [7, 11) is 1.59. The second kappa shape index (κ2) is 8.76. The molecule has 0 aliphatic carbocycles. The van der Waals surface area contributed by atoms with E-state index in [2.05, 4.69) is 5.32 Å². The summed E-state index contributed by atoms with van der Waals surface area (Å²) in [5.74, 6) is 0.633. The molecule has 2 rings (SSSR count). The molecule has 1 N–H and O–H groups in total. The van der Waals surface area contributed by atoms with E-state index in [9.17, 15) is 9.18 Å². The fraction of sp³-hybridized carbons (Fsp3) is 0.278. The van der Waals surface area contributed by atoms with E-state index in [4.69, 9.17) is 14.2 Å². The van der Waals surface area contributed by atoms with Gasteiger partial charge in [0.2, 0.25) is 0 Å². The summed E-state index contributed by atoms with van der Waals surface area (Å²) in [6.07, 6.45) is 0. The molecule has 0 radical (unpaired) electrons. The maximum absolute atomic E-state index is 13.4. The van der Waals surface area contributed by atoms with Gasteiger partial charge in [0.25, 0.3) is 5.91 Å². The zero-order chi connectivity index (χ0) is 17.4. The first-order valence-corrected chi connectivity index (χ1v) is 7.52. The maximum atomic E-state index is 13.4. The third kappa shape index (κ3) is 5.46. The molecule has 0 unspecified atom stereocenters. The first kappa shape index (κ1) is 17.6. The molecule has 5 nitrogen and oxygen atoms in total. The first-order chi connectivity index (χ1) is 11.6. The van der Waals surface area contributed by atoms with Crippen LogP contribution in [0.4, 0.5) is 4.39 Å². The van der Waals surface area contributed by atoms with Crippen LogP contribution in [0.15, 0.2) is 48.5 Å². The van der Waals surface area contributed by atoms with Gasteiger partial charge in [-0.25, -0.2) is 4.39 Å². The van der Waals surface area contributed by atoms with Gasteiger partial charge in [-0.3, -0.25) is 4.79 Å². The molecule has 6 heteroatoms. The minimum Gasteiger partial charge on any atom is -0.497 e. The van der Waals surface area contributed by atoms with Crippen molar-refractivity contribution in [3.63, 3.8) is 0 Å². The van der Waals surface area contributed by atoms with Crippen LogP contribution in [-0.2, 0) is 4.79 Å². The van der Waals surface area contributed by atoms with Gasteiger partial charge in [-0.05, 0) is 43.3 Å². The average molecular weight is 333 g/mol. The van der Waals surface area contributed by atoms with Crippen LogP contribution < -0.4 is 19.5 Å². The Morgan fingerprint density at radius 2 is 1.75 bits per heavy atom. The topological polar surface area (TPSA) is 56.8 Å². The number of methoxy groups -OCH3 is 1. The monoisotopic (exact) mass is 333 g/mol. The lowest BCUT2D eigenvalue weighted by molar-refractivity contribution is -0.123. The van der Waals surface area contributed by atoms with Gasteiger partial charge in [0.15, 0.2) is 18.2 Å². The number of benzene rings is 2. The minimum atomic E-state index is -0.499. The molecule has 0 aliphatic rings. The van der Waals surface area contributed by atoms with E-state index in [0.29, 0.717) is 12.4 Å². The normalized spacial score (nSPS) is 11.5. The second-order valence-corrected chi connectivity index (χ2v) is 5.17. The Kier molecular flexibility index (Phi) is 6.42. The number of carbonyl (C=O) groups excluding carboxylic acids is 1. The van der Waals surface area contributed by atoms with Gasteiger partial charge in [-0.15, -0.1) is 0 Å². The highest BCUT2D eigenvalue weighted by Crippen LogP contribution is 2.17. The molecule has 0 saturated heterocycles. The summed E-state index contributed by atoms with van der Waals surface area (Å²) in [4.78, 5) is 11.8. The zero-order valence-electron chi connectivity index (χ0n) is 13.6. The van der Waals surface area contributed by atoms with Gasteiger partial charge in [0.1, 0.15) is 18.1 Å². The molecule has 24 heavy (non-hydrogen) atoms. The number of nitrogens with one attached hydrogen (secondary N) is 1. The molecule has 0 bridgehead atoms. The largest absolute Gasteiger partial charge is 0.497 e. The highest BCUT2D eigenvalue weighted by atomic mass is 19.1. The van der Waals surface area contributed by atoms with Crippen molar-refractivity contribution in [1.29, 1.82) is 0 Å². The van der Waals surface area contributed by atoms with Crippen LogP contribution in [-0.4, -0.2) is 32.3 Å². The lowest BCUT2D eigenvalue weighted by Crippen LogP contribution is -2.39. The molecular formula is C18H20FNO4. The highest BCUT2D eigenvalue weighted by molar-refractivity contribution is 5.77. The van der Waals surface area contributed by atoms with Gasteiger partial charge in [-0.1, -0.05) is 12.1 Å². The molecule has 0 fully saturated rings. The summed E-state index contributed by atoms with van der Waals surface area (Å²) in [5, 5.41) is 2.73. The molecule has 1 amide bonds. The van der Waals surface area contributed by atoms with Crippen molar-refractivity contribution in [2.75, 3.05) is 20.3 Å². The van der Waals surface area contributed by atoms with E-state index in [-0.39, 0.29) is 24.3 Å². The smallest absolute Gasteiger partial charge is 0.258 e. The number of hydrogen-bond donors (Lipinski definition) is 1. The van der Waals surface area contributed by atoms with Crippen LogP contribution in [0, 0.1) is 5.82 Å². The molecule has 0 spiro atoms. The van der Waals surface area contributed by atoms with E-state index in [0.717, 1.165) is 5.75 Å². The third-order valence-electron chi connectivity index (χ3n) is 3.16. The van der Waals surface area contributed by atoms with Gasteiger partial charge >= 0.3 is 0 Å². The van der Waals surface area contributed by atoms with Crippen LogP contribution in [0.1, 0.15) is 6.92 Å². The van der Waals surface area contributed by atoms with Gasteiger partial charge in [0.05, 0.1) is 13.2 Å². The molecule has 1 atom stereocenters. The van der Waals surface area contributed by atoms with Crippen molar-refractivity contribution in [2.24, 2.45) is 0 Å². The van der Waals surface area contributed by atoms with Crippen LogP contribution in [0.2, 0.25) is 0 Å². The Balaban J connectivity index is 1.72. The lowest BCUT2D eigenvalue weighted by atomic mass is 10.3. The minimum absolute atomic E-state index is 0.0507.